The Morgan fingerprint density at radius 1 is 0.926 bits per heavy atom. The number of carbonyl (C=O) groups is 2. The Morgan fingerprint density at radius 3 is 2.30 bits per heavy atom. The Kier molecular flexibility index (Phi) is 5.16. The van der Waals surface area contributed by atoms with E-state index in [1.54, 1.807) is 6.92 Å². The maximum absolute atomic E-state index is 13.0. The lowest BCUT2D eigenvalue weighted by molar-refractivity contribution is -0.138. The number of piperidine rings is 1. The molecule has 2 fully saturated rings. The first-order chi connectivity index (χ1) is 13.0. The van der Waals surface area contributed by atoms with E-state index in [-0.39, 0.29) is 11.8 Å². The molecule has 8 heteroatoms. The summed E-state index contributed by atoms with van der Waals surface area (Å²) in [7, 11) is 2.11. The second kappa shape index (κ2) is 7.58. The van der Waals surface area contributed by atoms with Gasteiger partial charge >= 0.3 is 0 Å². The zero-order valence-corrected chi connectivity index (χ0v) is 16.4. The van der Waals surface area contributed by atoms with Gasteiger partial charge in [0.05, 0.1) is 5.92 Å². The van der Waals surface area contributed by atoms with E-state index in [1.807, 2.05) is 9.80 Å². The first-order valence-electron chi connectivity index (χ1n) is 10.2. The summed E-state index contributed by atoms with van der Waals surface area (Å²) in [6.07, 6.45) is 3.54. The van der Waals surface area contributed by atoms with Gasteiger partial charge in [-0.05, 0) is 26.3 Å². The molecule has 0 aliphatic carbocycles. The summed E-state index contributed by atoms with van der Waals surface area (Å²) in [4.78, 5) is 30.8. The maximum atomic E-state index is 13.0. The third-order valence-electron chi connectivity index (χ3n) is 6.44. The number of rotatable bonds is 2. The Bertz CT molecular complexity index is 701. The van der Waals surface area contributed by atoms with Gasteiger partial charge in [0.15, 0.2) is 0 Å². The molecule has 2 saturated heterocycles. The van der Waals surface area contributed by atoms with Gasteiger partial charge in [-0.15, -0.1) is 10.2 Å². The summed E-state index contributed by atoms with van der Waals surface area (Å²) in [6, 6.07) is 0. The highest BCUT2D eigenvalue weighted by atomic mass is 16.2. The zero-order chi connectivity index (χ0) is 19.0. The first kappa shape index (κ1) is 18.4. The van der Waals surface area contributed by atoms with Gasteiger partial charge in [0.1, 0.15) is 11.6 Å². The molecule has 0 bridgehead atoms. The van der Waals surface area contributed by atoms with Crippen LogP contribution in [0, 0.1) is 5.92 Å². The molecule has 4 heterocycles. The van der Waals surface area contributed by atoms with Crippen molar-refractivity contribution >= 4 is 11.8 Å². The molecule has 3 aliphatic rings. The van der Waals surface area contributed by atoms with Crippen LogP contribution in [0.3, 0.4) is 0 Å². The predicted octanol–water partition coefficient (Wildman–Crippen LogP) is 0.340. The number of hydrogen-bond acceptors (Lipinski definition) is 5. The molecule has 1 atom stereocenters. The van der Waals surface area contributed by atoms with Crippen LogP contribution in [0.2, 0.25) is 0 Å². The van der Waals surface area contributed by atoms with E-state index in [0.29, 0.717) is 18.4 Å². The van der Waals surface area contributed by atoms with Crippen molar-refractivity contribution in [3.05, 3.63) is 11.6 Å². The van der Waals surface area contributed by atoms with Gasteiger partial charge in [0, 0.05) is 65.1 Å². The fourth-order valence-corrected chi connectivity index (χ4v) is 4.59. The minimum Gasteiger partial charge on any atom is -0.343 e. The Morgan fingerprint density at radius 2 is 1.63 bits per heavy atom. The van der Waals surface area contributed by atoms with E-state index in [9.17, 15) is 9.59 Å². The predicted molar refractivity (Wildman–Crippen MR) is 100 cm³/mol. The Labute approximate surface area is 160 Å². The first-order valence-corrected chi connectivity index (χ1v) is 10.2. The molecule has 0 aromatic carbocycles. The van der Waals surface area contributed by atoms with E-state index in [1.165, 1.54) is 0 Å². The molecule has 3 aliphatic heterocycles. The number of likely N-dealkylation sites (N-methyl/N-ethyl adjacent to an activating group) is 1. The summed E-state index contributed by atoms with van der Waals surface area (Å²) in [5.41, 5.74) is 0. The fraction of sp³-hybridized carbons (Fsp3) is 0.789. The van der Waals surface area contributed by atoms with Crippen molar-refractivity contribution in [3.8, 4) is 0 Å². The SMILES string of the molecule is CC(=O)N1CCC(c2nnc3n2C[C@H](C(=O)N2CCN(C)CC2)CC3)CC1. The quantitative estimate of drug-likeness (QED) is 0.746. The van der Waals surface area contributed by atoms with E-state index >= 15 is 0 Å². The number of aryl methyl sites for hydroxylation is 1. The van der Waals surface area contributed by atoms with Gasteiger partial charge in [-0.25, -0.2) is 0 Å². The normalized spacial score (nSPS) is 24.7. The third-order valence-corrected chi connectivity index (χ3v) is 6.44. The molecule has 2 amide bonds. The van der Waals surface area contributed by atoms with Crippen LogP contribution in [0.5, 0.6) is 0 Å². The molecule has 8 nitrogen and oxygen atoms in total. The number of piperazine rings is 1. The van der Waals surface area contributed by atoms with E-state index in [2.05, 4.69) is 26.7 Å². The number of aromatic nitrogens is 3. The van der Waals surface area contributed by atoms with Gasteiger partial charge in [0.2, 0.25) is 11.8 Å². The molecule has 0 spiro atoms. The van der Waals surface area contributed by atoms with E-state index in [0.717, 1.165) is 76.6 Å². The van der Waals surface area contributed by atoms with Crippen molar-refractivity contribution in [2.24, 2.45) is 5.92 Å². The monoisotopic (exact) mass is 374 g/mol. The number of nitrogens with zero attached hydrogens (tertiary/aromatic N) is 6. The molecule has 1 aromatic rings. The van der Waals surface area contributed by atoms with Crippen LogP contribution in [0.15, 0.2) is 0 Å². The van der Waals surface area contributed by atoms with Gasteiger partial charge in [-0.3, -0.25) is 9.59 Å². The molecule has 4 rings (SSSR count). The lowest BCUT2D eigenvalue weighted by Gasteiger charge is -2.36. The van der Waals surface area contributed by atoms with Crippen molar-refractivity contribution in [1.82, 2.24) is 29.5 Å². The number of carbonyl (C=O) groups excluding carboxylic acids is 2. The van der Waals surface area contributed by atoms with Gasteiger partial charge in [0.25, 0.3) is 0 Å². The Hall–Kier alpha value is -1.96. The van der Waals surface area contributed by atoms with Crippen LogP contribution in [-0.4, -0.2) is 87.6 Å². The number of fused-ring (bicyclic) bond motifs is 1. The average Bonchev–Trinajstić information content (AvgIpc) is 3.11. The average molecular weight is 374 g/mol. The number of likely N-dealkylation sites (tertiary alicyclic amines) is 1. The van der Waals surface area contributed by atoms with Crippen LogP contribution >= 0.6 is 0 Å². The van der Waals surface area contributed by atoms with Crippen molar-refractivity contribution in [2.75, 3.05) is 46.3 Å². The van der Waals surface area contributed by atoms with Crippen LogP contribution in [0.1, 0.15) is 43.8 Å². The molecule has 27 heavy (non-hydrogen) atoms. The zero-order valence-electron chi connectivity index (χ0n) is 16.4. The van der Waals surface area contributed by atoms with E-state index < -0.39 is 0 Å². The van der Waals surface area contributed by atoms with Crippen LogP contribution < -0.4 is 0 Å². The Balaban J connectivity index is 1.43. The standard InChI is InChI=1S/C19H30N6O2/c1-14(26)23-7-5-15(6-8-23)18-21-20-17-4-3-16(13-25(17)18)19(27)24-11-9-22(2)10-12-24/h15-16H,3-13H2,1-2H3/t16-/m1/s1. The van der Waals surface area contributed by atoms with Gasteiger partial charge in [-0.1, -0.05) is 0 Å². The van der Waals surface area contributed by atoms with Crippen LogP contribution in [0.4, 0.5) is 0 Å². The molecule has 148 valence electrons. The summed E-state index contributed by atoms with van der Waals surface area (Å²) in [6.45, 7) is 7.47. The largest absolute Gasteiger partial charge is 0.343 e. The maximum Gasteiger partial charge on any atom is 0.227 e. The fourth-order valence-electron chi connectivity index (χ4n) is 4.59. The summed E-state index contributed by atoms with van der Waals surface area (Å²) < 4.78 is 2.20. The lowest BCUT2D eigenvalue weighted by Crippen LogP contribution is -2.50. The highest BCUT2D eigenvalue weighted by Crippen LogP contribution is 2.31. The number of hydrogen-bond donors (Lipinski definition) is 0. The third kappa shape index (κ3) is 3.72. The summed E-state index contributed by atoms with van der Waals surface area (Å²) >= 11 is 0. The molecule has 0 N–H and O–H groups in total. The van der Waals surface area contributed by atoms with E-state index in [4.69, 9.17) is 0 Å². The second-order valence-electron chi connectivity index (χ2n) is 8.23. The molecule has 0 unspecified atom stereocenters. The summed E-state index contributed by atoms with van der Waals surface area (Å²) in [5, 5.41) is 8.89. The van der Waals surface area contributed by atoms with Crippen molar-refractivity contribution in [1.29, 1.82) is 0 Å². The minimum absolute atomic E-state index is 0.0352. The summed E-state index contributed by atoms with van der Waals surface area (Å²) in [5.74, 6) is 2.84. The van der Waals surface area contributed by atoms with Crippen molar-refractivity contribution in [3.63, 3.8) is 0 Å². The van der Waals surface area contributed by atoms with Crippen molar-refractivity contribution in [2.45, 2.75) is 45.1 Å². The molecule has 0 radical (unpaired) electrons. The minimum atomic E-state index is 0.0352. The highest BCUT2D eigenvalue weighted by Gasteiger charge is 2.34. The van der Waals surface area contributed by atoms with Crippen LogP contribution in [-0.2, 0) is 22.6 Å². The van der Waals surface area contributed by atoms with Crippen LogP contribution in [0.25, 0.3) is 0 Å². The second-order valence-corrected chi connectivity index (χ2v) is 8.23. The smallest absolute Gasteiger partial charge is 0.227 e. The van der Waals surface area contributed by atoms with Crippen molar-refractivity contribution < 1.29 is 9.59 Å². The molecular formula is C19H30N6O2. The van der Waals surface area contributed by atoms with Gasteiger partial charge in [-0.2, -0.15) is 0 Å². The highest BCUT2D eigenvalue weighted by molar-refractivity contribution is 5.79. The van der Waals surface area contributed by atoms with Gasteiger partial charge < -0.3 is 19.3 Å². The molecular weight excluding hydrogens is 344 g/mol. The number of amides is 2. The topological polar surface area (TPSA) is 74.6 Å². The molecule has 0 saturated carbocycles. The molecule has 1 aromatic heterocycles. The lowest BCUT2D eigenvalue weighted by atomic mass is 9.93.